The second-order valence-electron chi connectivity index (χ2n) is 7.04. The van der Waals surface area contributed by atoms with Crippen LogP contribution in [-0.2, 0) is 0 Å². The van der Waals surface area contributed by atoms with Gasteiger partial charge in [-0.05, 0) is 50.1 Å². The number of esters is 1. The van der Waals surface area contributed by atoms with Crippen molar-refractivity contribution in [2.45, 2.75) is 20.8 Å². The van der Waals surface area contributed by atoms with Gasteiger partial charge in [-0.25, -0.2) is 4.79 Å². The second kappa shape index (κ2) is 7.36. The number of carbonyl (C=O) groups excluding carboxylic acids is 1. The first kappa shape index (κ1) is 18.6. The molecular formula is C24H19NO4. The van der Waals surface area contributed by atoms with Crippen LogP contribution in [0.1, 0.15) is 27.0 Å². The van der Waals surface area contributed by atoms with Gasteiger partial charge in [0.15, 0.2) is 5.76 Å². The predicted molar refractivity (Wildman–Crippen MR) is 111 cm³/mol. The Morgan fingerprint density at radius 1 is 0.931 bits per heavy atom. The van der Waals surface area contributed by atoms with E-state index in [-0.39, 0.29) is 16.9 Å². The number of aromatic nitrogens is 1. The number of aryl methyl sites for hydroxylation is 3. The smallest absolute Gasteiger partial charge is 0.343 e. The third-order valence-corrected chi connectivity index (χ3v) is 4.72. The molecule has 0 saturated carbocycles. The lowest BCUT2D eigenvalue weighted by atomic mass is 10.0. The van der Waals surface area contributed by atoms with Crippen LogP contribution in [0.5, 0.6) is 5.75 Å². The lowest BCUT2D eigenvalue weighted by Crippen LogP contribution is -2.17. The van der Waals surface area contributed by atoms with Crippen LogP contribution in [-0.4, -0.2) is 11.0 Å². The molecule has 2 heterocycles. The highest BCUT2D eigenvalue weighted by atomic mass is 16.5. The Balaban J connectivity index is 1.96. The van der Waals surface area contributed by atoms with E-state index >= 15 is 0 Å². The molecule has 0 radical (unpaired) electrons. The first-order chi connectivity index (χ1) is 13.9. The van der Waals surface area contributed by atoms with E-state index in [4.69, 9.17) is 9.15 Å². The summed E-state index contributed by atoms with van der Waals surface area (Å²) in [7, 11) is 0. The Labute approximate surface area is 167 Å². The maximum atomic E-state index is 13.3. The van der Waals surface area contributed by atoms with Gasteiger partial charge in [-0.3, -0.25) is 9.78 Å². The summed E-state index contributed by atoms with van der Waals surface area (Å²) in [5.41, 5.74) is 3.87. The van der Waals surface area contributed by atoms with Crippen molar-refractivity contribution >= 4 is 16.9 Å². The topological polar surface area (TPSA) is 69.4 Å². The highest BCUT2D eigenvalue weighted by Crippen LogP contribution is 2.33. The van der Waals surface area contributed by atoms with E-state index in [2.05, 4.69) is 4.98 Å². The summed E-state index contributed by atoms with van der Waals surface area (Å²) in [5.74, 6) is -0.526. The summed E-state index contributed by atoms with van der Waals surface area (Å²) >= 11 is 0. The monoisotopic (exact) mass is 385 g/mol. The van der Waals surface area contributed by atoms with Crippen LogP contribution >= 0.6 is 0 Å². The molecule has 5 nitrogen and oxygen atoms in total. The number of carbonyl (C=O) groups is 1. The quantitative estimate of drug-likeness (QED) is 0.464. The Hall–Kier alpha value is -3.73. The van der Waals surface area contributed by atoms with Crippen LogP contribution in [0.2, 0.25) is 0 Å². The minimum Gasteiger partial charge on any atom is -0.452 e. The fraction of sp³-hybridized carbons (Fsp3) is 0.125. The Morgan fingerprint density at radius 2 is 1.62 bits per heavy atom. The molecule has 0 bridgehead atoms. The van der Waals surface area contributed by atoms with Gasteiger partial charge in [0.25, 0.3) is 0 Å². The van der Waals surface area contributed by atoms with Crippen molar-refractivity contribution in [1.29, 1.82) is 0 Å². The molecule has 144 valence electrons. The standard InChI is InChI=1S/C24H19NO4/c1-14-4-6-17(7-5-14)22-23(29-24(27)18-8-10-25-11-9-18)21(26)20-16(3)12-15(2)13-19(20)28-22/h4-13H,1-3H3. The summed E-state index contributed by atoms with van der Waals surface area (Å²) in [6.07, 6.45) is 2.99. The highest BCUT2D eigenvalue weighted by molar-refractivity contribution is 5.93. The summed E-state index contributed by atoms with van der Waals surface area (Å²) in [6, 6.07) is 14.3. The minimum atomic E-state index is -0.642. The van der Waals surface area contributed by atoms with Gasteiger partial charge in [-0.15, -0.1) is 0 Å². The molecule has 0 N–H and O–H groups in total. The fourth-order valence-corrected chi connectivity index (χ4v) is 3.30. The first-order valence-corrected chi connectivity index (χ1v) is 9.21. The van der Waals surface area contributed by atoms with Crippen molar-refractivity contribution in [3.8, 4) is 17.1 Å². The van der Waals surface area contributed by atoms with Crippen molar-refractivity contribution in [2.75, 3.05) is 0 Å². The molecule has 0 spiro atoms. The molecule has 0 unspecified atom stereocenters. The van der Waals surface area contributed by atoms with Gasteiger partial charge in [0.05, 0.1) is 10.9 Å². The Bertz CT molecular complexity index is 1270. The molecule has 29 heavy (non-hydrogen) atoms. The predicted octanol–water partition coefficient (Wildman–Crippen LogP) is 5.00. The maximum absolute atomic E-state index is 13.3. The lowest BCUT2D eigenvalue weighted by molar-refractivity contribution is 0.0731. The SMILES string of the molecule is Cc1ccc(-c2oc3cc(C)cc(C)c3c(=O)c2OC(=O)c2ccncc2)cc1. The van der Waals surface area contributed by atoms with E-state index in [0.717, 1.165) is 16.7 Å². The van der Waals surface area contributed by atoms with Crippen molar-refractivity contribution in [3.63, 3.8) is 0 Å². The van der Waals surface area contributed by atoms with Gasteiger partial charge >= 0.3 is 5.97 Å². The summed E-state index contributed by atoms with van der Waals surface area (Å²) in [5, 5.41) is 0.406. The molecule has 0 saturated heterocycles. The van der Waals surface area contributed by atoms with Gasteiger partial charge in [-0.2, -0.15) is 0 Å². The summed E-state index contributed by atoms with van der Waals surface area (Å²) < 4.78 is 11.7. The first-order valence-electron chi connectivity index (χ1n) is 9.21. The normalized spacial score (nSPS) is 10.9. The Morgan fingerprint density at radius 3 is 2.31 bits per heavy atom. The molecule has 0 aliphatic rings. The number of nitrogens with zero attached hydrogens (tertiary/aromatic N) is 1. The molecule has 4 aromatic rings. The third kappa shape index (κ3) is 3.55. The maximum Gasteiger partial charge on any atom is 0.343 e. The van der Waals surface area contributed by atoms with Crippen molar-refractivity contribution in [2.24, 2.45) is 0 Å². The summed E-state index contributed by atoms with van der Waals surface area (Å²) in [4.78, 5) is 29.9. The zero-order valence-electron chi connectivity index (χ0n) is 16.4. The second-order valence-corrected chi connectivity index (χ2v) is 7.04. The molecule has 0 atom stereocenters. The number of hydrogen-bond acceptors (Lipinski definition) is 5. The van der Waals surface area contributed by atoms with Crippen LogP contribution in [0.4, 0.5) is 0 Å². The van der Waals surface area contributed by atoms with E-state index in [1.165, 1.54) is 24.5 Å². The molecule has 2 aromatic heterocycles. The number of rotatable bonds is 3. The van der Waals surface area contributed by atoms with Gasteiger partial charge in [0.1, 0.15) is 5.58 Å². The average molecular weight is 385 g/mol. The number of ether oxygens (including phenoxy) is 1. The van der Waals surface area contributed by atoms with Gasteiger partial charge < -0.3 is 9.15 Å². The van der Waals surface area contributed by atoms with Crippen molar-refractivity contribution in [1.82, 2.24) is 4.98 Å². The molecular weight excluding hydrogens is 366 g/mol. The average Bonchev–Trinajstić information content (AvgIpc) is 2.70. The number of pyridine rings is 1. The summed E-state index contributed by atoms with van der Waals surface area (Å²) in [6.45, 7) is 5.75. The van der Waals surface area contributed by atoms with Crippen LogP contribution in [0, 0.1) is 20.8 Å². The zero-order chi connectivity index (χ0) is 20.5. The van der Waals surface area contributed by atoms with Crippen LogP contribution in [0.3, 0.4) is 0 Å². The van der Waals surface area contributed by atoms with E-state index in [0.29, 0.717) is 22.1 Å². The van der Waals surface area contributed by atoms with Crippen molar-refractivity contribution in [3.05, 3.63) is 93.4 Å². The Kier molecular flexibility index (Phi) is 4.72. The van der Waals surface area contributed by atoms with Crippen molar-refractivity contribution < 1.29 is 13.9 Å². The fourth-order valence-electron chi connectivity index (χ4n) is 3.30. The van der Waals surface area contributed by atoms with Crippen LogP contribution in [0.25, 0.3) is 22.3 Å². The van der Waals surface area contributed by atoms with E-state index in [1.807, 2.05) is 57.2 Å². The molecule has 0 amide bonds. The highest BCUT2D eigenvalue weighted by Gasteiger charge is 2.22. The minimum absolute atomic E-state index is 0.116. The van der Waals surface area contributed by atoms with Crippen LogP contribution < -0.4 is 10.2 Å². The number of hydrogen-bond donors (Lipinski definition) is 0. The molecule has 4 rings (SSSR count). The molecule has 2 aromatic carbocycles. The molecule has 0 aliphatic carbocycles. The third-order valence-electron chi connectivity index (χ3n) is 4.72. The molecule has 0 fully saturated rings. The molecule has 0 aliphatic heterocycles. The van der Waals surface area contributed by atoms with E-state index in [9.17, 15) is 9.59 Å². The van der Waals surface area contributed by atoms with Gasteiger partial charge in [-0.1, -0.05) is 35.9 Å². The lowest BCUT2D eigenvalue weighted by Gasteiger charge is -2.12. The van der Waals surface area contributed by atoms with Crippen LogP contribution in [0.15, 0.2) is 70.1 Å². The largest absolute Gasteiger partial charge is 0.452 e. The van der Waals surface area contributed by atoms with Gasteiger partial charge in [0.2, 0.25) is 11.2 Å². The number of fused-ring (bicyclic) bond motifs is 1. The van der Waals surface area contributed by atoms with Gasteiger partial charge in [0, 0.05) is 18.0 Å². The zero-order valence-corrected chi connectivity index (χ0v) is 16.4. The van der Waals surface area contributed by atoms with E-state index < -0.39 is 5.97 Å². The molecule has 5 heteroatoms. The number of benzene rings is 2. The van der Waals surface area contributed by atoms with E-state index in [1.54, 1.807) is 0 Å².